The number of nitrogens with two attached hydrogens (primary N) is 1. The molecule has 0 radical (unpaired) electrons. The Bertz CT molecular complexity index is 756. The standard InChI is InChI=1S/C23H29NO2/c24-16-15-22-12-4-5-13-23(22,25)14-11-19-9-6-10-20(21(19)22)26-17-18-7-2-1-3-8-18/h1-3,6-10,25H,4-5,11-17,24H2. The third-order valence-electron chi connectivity index (χ3n) is 6.54. The summed E-state index contributed by atoms with van der Waals surface area (Å²) in [6, 6.07) is 16.6. The van der Waals surface area contributed by atoms with Gasteiger partial charge in [0.25, 0.3) is 0 Å². The van der Waals surface area contributed by atoms with E-state index < -0.39 is 5.60 Å². The average molecular weight is 351 g/mol. The van der Waals surface area contributed by atoms with Crippen LogP contribution >= 0.6 is 0 Å². The second kappa shape index (κ2) is 7.05. The van der Waals surface area contributed by atoms with Crippen molar-refractivity contribution in [2.24, 2.45) is 5.73 Å². The lowest BCUT2D eigenvalue weighted by Crippen LogP contribution is -2.57. The van der Waals surface area contributed by atoms with Gasteiger partial charge >= 0.3 is 0 Å². The molecule has 3 N–H and O–H groups in total. The molecule has 2 atom stereocenters. The molecule has 0 saturated heterocycles. The monoisotopic (exact) mass is 351 g/mol. The number of hydrogen-bond acceptors (Lipinski definition) is 3. The molecule has 1 saturated carbocycles. The lowest BCUT2D eigenvalue weighted by atomic mass is 9.53. The van der Waals surface area contributed by atoms with E-state index in [1.165, 1.54) is 11.1 Å². The normalized spacial score (nSPS) is 27.5. The number of rotatable bonds is 5. The van der Waals surface area contributed by atoms with Gasteiger partial charge in [-0.3, -0.25) is 0 Å². The van der Waals surface area contributed by atoms with Gasteiger partial charge in [0.05, 0.1) is 5.60 Å². The third-order valence-corrected chi connectivity index (χ3v) is 6.54. The topological polar surface area (TPSA) is 55.5 Å². The summed E-state index contributed by atoms with van der Waals surface area (Å²) in [5.74, 6) is 0.930. The number of fused-ring (bicyclic) bond motifs is 3. The van der Waals surface area contributed by atoms with E-state index in [1.807, 2.05) is 18.2 Å². The van der Waals surface area contributed by atoms with Crippen LogP contribution in [0, 0.1) is 0 Å². The fourth-order valence-electron chi connectivity index (χ4n) is 5.29. The minimum atomic E-state index is -0.649. The van der Waals surface area contributed by atoms with Crippen molar-refractivity contribution in [3.63, 3.8) is 0 Å². The number of benzene rings is 2. The van der Waals surface area contributed by atoms with Crippen LogP contribution in [0.1, 0.15) is 55.2 Å². The van der Waals surface area contributed by atoms with E-state index in [9.17, 15) is 5.11 Å². The van der Waals surface area contributed by atoms with Gasteiger partial charge in [-0.05, 0) is 55.8 Å². The number of hydrogen-bond donors (Lipinski definition) is 2. The van der Waals surface area contributed by atoms with Gasteiger partial charge in [-0.25, -0.2) is 0 Å². The highest BCUT2D eigenvalue weighted by atomic mass is 16.5. The van der Waals surface area contributed by atoms with Crippen LogP contribution in [0.25, 0.3) is 0 Å². The Morgan fingerprint density at radius 2 is 1.77 bits per heavy atom. The summed E-state index contributed by atoms with van der Waals surface area (Å²) in [5.41, 5.74) is 8.85. The molecule has 0 aromatic heterocycles. The maximum absolute atomic E-state index is 11.6. The molecule has 3 heteroatoms. The zero-order valence-electron chi connectivity index (χ0n) is 15.4. The summed E-state index contributed by atoms with van der Waals surface area (Å²) in [4.78, 5) is 0. The molecule has 0 aliphatic heterocycles. The first kappa shape index (κ1) is 17.6. The highest BCUT2D eigenvalue weighted by Crippen LogP contribution is 2.56. The van der Waals surface area contributed by atoms with E-state index in [2.05, 4.69) is 30.3 Å². The zero-order valence-corrected chi connectivity index (χ0v) is 15.4. The summed E-state index contributed by atoms with van der Waals surface area (Å²) < 4.78 is 6.30. The number of ether oxygens (including phenoxy) is 1. The predicted octanol–water partition coefficient (Wildman–Crippen LogP) is 4.10. The Labute approximate surface area is 156 Å². The van der Waals surface area contributed by atoms with Crippen LogP contribution in [0.4, 0.5) is 0 Å². The molecule has 3 nitrogen and oxygen atoms in total. The Kier molecular flexibility index (Phi) is 4.76. The third kappa shape index (κ3) is 2.83. The van der Waals surface area contributed by atoms with E-state index >= 15 is 0 Å². The predicted molar refractivity (Wildman–Crippen MR) is 104 cm³/mol. The quantitative estimate of drug-likeness (QED) is 0.852. The van der Waals surface area contributed by atoms with E-state index in [0.29, 0.717) is 13.2 Å². The zero-order chi connectivity index (χ0) is 18.0. The van der Waals surface area contributed by atoms with Crippen molar-refractivity contribution >= 4 is 0 Å². The Balaban J connectivity index is 1.75. The smallest absolute Gasteiger partial charge is 0.123 e. The molecule has 2 unspecified atom stereocenters. The molecule has 138 valence electrons. The van der Waals surface area contributed by atoms with Gasteiger partial charge in [0, 0.05) is 11.0 Å². The van der Waals surface area contributed by atoms with E-state index in [1.54, 1.807) is 0 Å². The molecule has 26 heavy (non-hydrogen) atoms. The molecular weight excluding hydrogens is 322 g/mol. The van der Waals surface area contributed by atoms with Crippen LogP contribution in [0.3, 0.4) is 0 Å². The Morgan fingerprint density at radius 1 is 0.962 bits per heavy atom. The Morgan fingerprint density at radius 3 is 2.58 bits per heavy atom. The molecule has 0 amide bonds. The van der Waals surface area contributed by atoms with Crippen LogP contribution in [0.2, 0.25) is 0 Å². The number of aliphatic hydroxyl groups is 1. The summed E-state index contributed by atoms with van der Waals surface area (Å²) in [6.45, 7) is 1.14. The van der Waals surface area contributed by atoms with E-state index in [4.69, 9.17) is 10.5 Å². The van der Waals surface area contributed by atoms with Gasteiger partial charge in [-0.15, -0.1) is 0 Å². The highest BCUT2D eigenvalue weighted by Gasteiger charge is 2.55. The van der Waals surface area contributed by atoms with Gasteiger partial charge in [0.1, 0.15) is 12.4 Å². The first-order valence-corrected chi connectivity index (χ1v) is 9.90. The second-order valence-corrected chi connectivity index (χ2v) is 7.92. The van der Waals surface area contributed by atoms with Crippen LogP contribution in [-0.4, -0.2) is 17.3 Å². The number of aryl methyl sites for hydroxylation is 1. The summed E-state index contributed by atoms with van der Waals surface area (Å²) >= 11 is 0. The van der Waals surface area contributed by atoms with Crippen molar-refractivity contribution in [2.75, 3.05) is 6.54 Å². The first-order chi connectivity index (χ1) is 12.7. The molecule has 0 bridgehead atoms. The van der Waals surface area contributed by atoms with Crippen molar-refractivity contribution < 1.29 is 9.84 Å². The molecule has 2 aromatic carbocycles. The lowest BCUT2D eigenvalue weighted by molar-refractivity contribution is -0.0872. The first-order valence-electron chi connectivity index (χ1n) is 9.90. The average Bonchev–Trinajstić information content (AvgIpc) is 2.67. The summed E-state index contributed by atoms with van der Waals surface area (Å²) in [7, 11) is 0. The second-order valence-electron chi connectivity index (χ2n) is 7.92. The molecule has 1 fully saturated rings. The molecule has 2 aromatic rings. The van der Waals surface area contributed by atoms with Crippen molar-refractivity contribution in [3.8, 4) is 5.75 Å². The SMILES string of the molecule is NCCC12CCCCC1(O)CCc1cccc(OCc3ccccc3)c12. The highest BCUT2D eigenvalue weighted by molar-refractivity contribution is 5.50. The van der Waals surface area contributed by atoms with Crippen LogP contribution in [0.15, 0.2) is 48.5 Å². The largest absolute Gasteiger partial charge is 0.489 e. The minimum Gasteiger partial charge on any atom is -0.489 e. The maximum Gasteiger partial charge on any atom is 0.123 e. The molecule has 0 spiro atoms. The van der Waals surface area contributed by atoms with Gasteiger partial charge < -0.3 is 15.6 Å². The molecular formula is C23H29NO2. The van der Waals surface area contributed by atoms with E-state index in [0.717, 1.165) is 56.3 Å². The van der Waals surface area contributed by atoms with Crippen LogP contribution in [-0.2, 0) is 18.4 Å². The molecule has 4 rings (SSSR count). The van der Waals surface area contributed by atoms with Gasteiger partial charge in [0.2, 0.25) is 0 Å². The van der Waals surface area contributed by atoms with Gasteiger partial charge in [0.15, 0.2) is 0 Å². The Hall–Kier alpha value is -1.84. The fourth-order valence-corrected chi connectivity index (χ4v) is 5.29. The van der Waals surface area contributed by atoms with E-state index in [-0.39, 0.29) is 5.41 Å². The van der Waals surface area contributed by atoms with Gasteiger partial charge in [-0.2, -0.15) is 0 Å². The van der Waals surface area contributed by atoms with Crippen LogP contribution < -0.4 is 10.5 Å². The molecule has 2 aliphatic rings. The van der Waals surface area contributed by atoms with Gasteiger partial charge in [-0.1, -0.05) is 55.3 Å². The lowest BCUT2D eigenvalue weighted by Gasteiger charge is -2.55. The fraction of sp³-hybridized carbons (Fsp3) is 0.478. The van der Waals surface area contributed by atoms with Crippen LogP contribution in [0.5, 0.6) is 5.75 Å². The maximum atomic E-state index is 11.6. The molecule has 0 heterocycles. The minimum absolute atomic E-state index is 0.263. The van der Waals surface area contributed by atoms with Crippen molar-refractivity contribution in [2.45, 2.75) is 62.6 Å². The summed E-state index contributed by atoms with van der Waals surface area (Å²) in [5, 5.41) is 11.6. The summed E-state index contributed by atoms with van der Waals surface area (Å²) in [6.07, 6.45) is 6.70. The van der Waals surface area contributed by atoms with Crippen molar-refractivity contribution in [1.29, 1.82) is 0 Å². The van der Waals surface area contributed by atoms with Crippen molar-refractivity contribution in [3.05, 3.63) is 65.2 Å². The molecule has 2 aliphatic carbocycles. The van der Waals surface area contributed by atoms with Crippen molar-refractivity contribution in [1.82, 2.24) is 0 Å².